The summed E-state index contributed by atoms with van der Waals surface area (Å²) in [6, 6.07) is 0. The first-order valence-corrected chi connectivity index (χ1v) is 6.69. The van der Waals surface area contributed by atoms with E-state index in [0.717, 1.165) is 0 Å². The van der Waals surface area contributed by atoms with E-state index in [0.29, 0.717) is 4.48 Å². The molecule has 3 nitrogen and oxygen atoms in total. The van der Waals surface area contributed by atoms with E-state index in [1.54, 1.807) is 0 Å². The summed E-state index contributed by atoms with van der Waals surface area (Å²) >= 11 is 10.5. The van der Waals surface area contributed by atoms with E-state index < -0.39 is 11.7 Å². The van der Waals surface area contributed by atoms with Gasteiger partial charge in [0.25, 0.3) is 5.85 Å². The second-order valence-corrected chi connectivity index (χ2v) is 8.59. The predicted octanol–water partition coefficient (Wildman–Crippen LogP) is 1.68. The maximum Gasteiger partial charge on any atom is 0.286 e. The van der Waals surface area contributed by atoms with E-state index in [4.69, 9.17) is 22.5 Å². The minimum absolute atomic E-state index is 0.282. The molecular formula is C5H13Cl2NO2P+. The van der Waals surface area contributed by atoms with Crippen LogP contribution < -0.4 is 0 Å². The zero-order valence-corrected chi connectivity index (χ0v) is 9.20. The molecule has 6 heteroatoms. The topological polar surface area (TPSA) is 37.3 Å². The van der Waals surface area contributed by atoms with Crippen LogP contribution in [0.3, 0.4) is 0 Å². The van der Waals surface area contributed by atoms with Crippen molar-refractivity contribution in [3.8, 4) is 0 Å². The summed E-state index contributed by atoms with van der Waals surface area (Å²) in [6.45, 7) is 0.282. The summed E-state index contributed by atoms with van der Waals surface area (Å²) in [7, 11) is 5.56. The van der Waals surface area contributed by atoms with Gasteiger partial charge in [0.1, 0.15) is 6.54 Å². The molecule has 1 N–H and O–H groups in total. The smallest absolute Gasteiger partial charge is 0.286 e. The maximum absolute atomic E-state index is 10.9. The van der Waals surface area contributed by atoms with Gasteiger partial charge in [-0.1, -0.05) is 0 Å². The average molecular weight is 221 g/mol. The lowest BCUT2D eigenvalue weighted by Crippen LogP contribution is -2.40. The molecule has 0 aliphatic rings. The monoisotopic (exact) mass is 220 g/mol. The van der Waals surface area contributed by atoms with Crippen LogP contribution in [0, 0.1) is 0 Å². The average Bonchev–Trinajstić information content (AvgIpc) is 1.56. The number of hydrogen-bond donors (Lipinski definition) is 1. The number of rotatable bonds is 3. The molecule has 68 valence electrons. The lowest BCUT2D eigenvalue weighted by molar-refractivity contribution is -0.871. The fourth-order valence-corrected chi connectivity index (χ4v) is 1.64. The second-order valence-electron chi connectivity index (χ2n) is 3.46. The quantitative estimate of drug-likeness (QED) is 0.581. The molecule has 0 radical (unpaired) electrons. The third-order valence-corrected chi connectivity index (χ3v) is 3.27. The molecule has 0 fully saturated rings. The Kier molecular flexibility index (Phi) is 3.87. The fraction of sp³-hybridized carbons (Fsp3) is 1.00. The van der Waals surface area contributed by atoms with Crippen LogP contribution >= 0.6 is 28.3 Å². The van der Waals surface area contributed by atoms with Crippen LogP contribution in [0.2, 0.25) is 0 Å². The normalized spacial score (nSPS) is 16.5. The molecule has 0 aliphatic carbocycles. The number of likely N-dealkylation sites (N-methyl/N-ethyl adjacent to an activating group) is 1. The Morgan fingerprint density at radius 2 is 1.82 bits per heavy atom. The Labute approximate surface area is 76.4 Å². The SMILES string of the molecule is C[N+](C)(C)CC(O)P(=O)(Cl)Cl. The van der Waals surface area contributed by atoms with Gasteiger partial charge >= 0.3 is 0 Å². The van der Waals surface area contributed by atoms with E-state index in [9.17, 15) is 9.67 Å². The molecule has 0 aromatic carbocycles. The third-order valence-electron chi connectivity index (χ3n) is 1.06. The van der Waals surface area contributed by atoms with E-state index in [1.807, 2.05) is 21.1 Å². The minimum atomic E-state index is -3.37. The van der Waals surface area contributed by atoms with Crippen LogP contribution in [-0.4, -0.2) is 43.1 Å². The molecule has 0 amide bonds. The van der Waals surface area contributed by atoms with E-state index >= 15 is 0 Å². The van der Waals surface area contributed by atoms with E-state index in [-0.39, 0.29) is 6.54 Å². The summed E-state index contributed by atoms with van der Waals surface area (Å²) in [6.07, 6.45) is 0. The highest BCUT2D eigenvalue weighted by Crippen LogP contribution is 2.60. The van der Waals surface area contributed by atoms with Gasteiger partial charge in [0.05, 0.1) is 21.1 Å². The standard InChI is InChI=1S/C5H13Cl2NO2P/c1-8(2,3)4-5(9)11(6,7)10/h5,9H,4H2,1-3H3/q+1. The van der Waals surface area contributed by atoms with Crippen molar-refractivity contribution in [2.75, 3.05) is 27.7 Å². The second kappa shape index (κ2) is 3.63. The molecule has 0 spiro atoms. The van der Waals surface area contributed by atoms with Crippen LogP contribution in [0.4, 0.5) is 0 Å². The largest absolute Gasteiger partial charge is 0.378 e. The summed E-state index contributed by atoms with van der Waals surface area (Å²) in [5.74, 6) is -4.50. The number of aliphatic hydroxyl groups excluding tert-OH is 1. The molecular weight excluding hydrogens is 208 g/mol. The minimum Gasteiger partial charge on any atom is -0.378 e. The highest BCUT2D eigenvalue weighted by Gasteiger charge is 2.31. The van der Waals surface area contributed by atoms with E-state index in [1.165, 1.54) is 0 Å². The molecule has 1 atom stereocenters. The van der Waals surface area contributed by atoms with Crippen molar-refractivity contribution >= 4 is 28.3 Å². The first-order chi connectivity index (χ1) is 4.63. The van der Waals surface area contributed by atoms with Crippen molar-refractivity contribution in [3.63, 3.8) is 0 Å². The first-order valence-electron chi connectivity index (χ1n) is 3.10. The van der Waals surface area contributed by atoms with Crippen molar-refractivity contribution in [1.82, 2.24) is 0 Å². The molecule has 1 unspecified atom stereocenters. The Hall–Kier alpha value is 0.730. The lowest BCUT2D eigenvalue weighted by Gasteiger charge is -2.26. The Morgan fingerprint density at radius 1 is 1.45 bits per heavy atom. The van der Waals surface area contributed by atoms with Crippen molar-refractivity contribution in [2.24, 2.45) is 0 Å². The van der Waals surface area contributed by atoms with E-state index in [2.05, 4.69) is 0 Å². The van der Waals surface area contributed by atoms with Gasteiger partial charge < -0.3 is 9.59 Å². The predicted molar refractivity (Wildman–Crippen MR) is 48.2 cm³/mol. The molecule has 0 saturated carbocycles. The summed E-state index contributed by atoms with van der Waals surface area (Å²) in [4.78, 5) is 0. The Bertz CT molecular complexity index is 174. The summed E-state index contributed by atoms with van der Waals surface area (Å²) in [5.41, 5.74) is 0. The van der Waals surface area contributed by atoms with Gasteiger partial charge in [-0.2, -0.15) is 0 Å². The van der Waals surface area contributed by atoms with Gasteiger partial charge in [-0.3, -0.25) is 4.57 Å². The number of quaternary nitrogens is 1. The van der Waals surface area contributed by atoms with Gasteiger partial charge in [0.2, 0.25) is 0 Å². The Morgan fingerprint density at radius 3 is 1.91 bits per heavy atom. The van der Waals surface area contributed by atoms with Crippen LogP contribution in [0.5, 0.6) is 0 Å². The van der Waals surface area contributed by atoms with Gasteiger partial charge in [0, 0.05) is 0 Å². The number of aliphatic hydroxyl groups is 1. The fourth-order valence-electron chi connectivity index (χ4n) is 0.585. The van der Waals surface area contributed by atoms with Crippen LogP contribution in [-0.2, 0) is 4.57 Å². The number of nitrogens with zero attached hydrogens (tertiary/aromatic N) is 1. The highest BCUT2D eigenvalue weighted by atomic mass is 35.9. The molecule has 0 bridgehead atoms. The van der Waals surface area contributed by atoms with Crippen molar-refractivity contribution in [1.29, 1.82) is 0 Å². The Balaban J connectivity index is 4.10. The number of hydrogen-bond acceptors (Lipinski definition) is 2. The molecule has 0 saturated heterocycles. The molecule has 0 aromatic heterocycles. The maximum atomic E-state index is 10.9. The van der Waals surface area contributed by atoms with Crippen molar-refractivity contribution in [2.45, 2.75) is 5.85 Å². The van der Waals surface area contributed by atoms with Gasteiger partial charge in [-0.15, -0.1) is 0 Å². The van der Waals surface area contributed by atoms with Crippen LogP contribution in [0.15, 0.2) is 0 Å². The summed E-state index contributed by atoms with van der Waals surface area (Å²) in [5, 5.41) is 9.18. The zero-order chi connectivity index (χ0) is 9.28. The van der Waals surface area contributed by atoms with Crippen LogP contribution in [0.25, 0.3) is 0 Å². The van der Waals surface area contributed by atoms with Crippen LogP contribution in [0.1, 0.15) is 0 Å². The molecule has 0 aliphatic heterocycles. The van der Waals surface area contributed by atoms with Crippen molar-refractivity contribution < 1.29 is 14.2 Å². The van der Waals surface area contributed by atoms with Gasteiger partial charge in [-0.05, 0) is 22.5 Å². The highest BCUT2D eigenvalue weighted by molar-refractivity contribution is 8.08. The van der Waals surface area contributed by atoms with Gasteiger partial charge in [0.15, 0.2) is 5.85 Å². The molecule has 11 heavy (non-hydrogen) atoms. The lowest BCUT2D eigenvalue weighted by atomic mass is 10.5. The zero-order valence-electron chi connectivity index (χ0n) is 6.79. The first kappa shape index (κ1) is 11.7. The summed E-state index contributed by atoms with van der Waals surface area (Å²) < 4.78 is 11.3. The third kappa shape index (κ3) is 5.94. The molecule has 0 aromatic rings. The number of halogens is 2. The molecule has 0 heterocycles. The van der Waals surface area contributed by atoms with Gasteiger partial charge in [-0.25, -0.2) is 0 Å². The molecule has 0 rings (SSSR count). The van der Waals surface area contributed by atoms with Crippen molar-refractivity contribution in [3.05, 3.63) is 0 Å².